The minimum atomic E-state index is 0.139. The first kappa shape index (κ1) is 10.5. The van der Waals surface area contributed by atoms with Gasteiger partial charge in [-0.3, -0.25) is 0 Å². The first-order valence-electron chi connectivity index (χ1n) is 5.36. The number of benzene rings is 2. The number of nitrogens with zero attached hydrogens (tertiary/aromatic N) is 1. The third-order valence-corrected chi connectivity index (χ3v) is 2.47. The number of nitrogens with one attached hydrogen (secondary N) is 1. The molecular weight excluding hydrogens is 232 g/mol. The van der Waals surface area contributed by atoms with E-state index < -0.39 is 0 Å². The van der Waals surface area contributed by atoms with Gasteiger partial charge < -0.3 is 19.9 Å². The number of anilines is 2. The Bertz CT molecular complexity index is 706. The van der Waals surface area contributed by atoms with Crippen molar-refractivity contribution in [3.63, 3.8) is 0 Å². The van der Waals surface area contributed by atoms with Gasteiger partial charge in [-0.15, -0.1) is 0 Å². The lowest BCUT2D eigenvalue weighted by molar-refractivity contribution is 0.475. The summed E-state index contributed by atoms with van der Waals surface area (Å²) < 4.78 is 5.45. The van der Waals surface area contributed by atoms with Gasteiger partial charge in [-0.1, -0.05) is 6.07 Å². The van der Waals surface area contributed by atoms with Crippen LogP contribution in [0.25, 0.3) is 11.1 Å². The lowest BCUT2D eigenvalue weighted by atomic mass is 10.3. The predicted octanol–water partition coefficient (Wildman–Crippen LogP) is 2.98. The van der Waals surface area contributed by atoms with Crippen molar-refractivity contribution in [2.24, 2.45) is 0 Å². The van der Waals surface area contributed by atoms with Crippen LogP contribution >= 0.6 is 0 Å². The van der Waals surface area contributed by atoms with Crippen molar-refractivity contribution in [1.29, 1.82) is 0 Å². The number of fused-ring (bicyclic) bond motifs is 1. The molecule has 1 aromatic heterocycles. The maximum atomic E-state index is 9.34. The van der Waals surface area contributed by atoms with Gasteiger partial charge in [0.25, 0.3) is 6.01 Å². The highest BCUT2D eigenvalue weighted by atomic mass is 16.4. The maximum absolute atomic E-state index is 9.34. The Morgan fingerprint density at radius 2 is 1.83 bits per heavy atom. The molecule has 5 nitrogen and oxygen atoms in total. The Kier molecular flexibility index (Phi) is 2.30. The van der Waals surface area contributed by atoms with E-state index in [9.17, 15) is 10.2 Å². The zero-order valence-corrected chi connectivity index (χ0v) is 9.29. The van der Waals surface area contributed by atoms with Gasteiger partial charge in [-0.2, -0.15) is 4.98 Å². The molecule has 18 heavy (non-hydrogen) atoms. The second-order valence-corrected chi connectivity index (χ2v) is 3.85. The van der Waals surface area contributed by atoms with Crippen LogP contribution in [0.2, 0.25) is 0 Å². The number of oxazole rings is 1. The Hall–Kier alpha value is -2.69. The summed E-state index contributed by atoms with van der Waals surface area (Å²) in [6.07, 6.45) is 0. The SMILES string of the molecule is Oc1cccc(Nc2nc3cc(O)ccc3o2)c1. The molecular formula is C13H10N2O3. The normalized spacial score (nSPS) is 10.7. The molecule has 1 heterocycles. The molecule has 0 saturated heterocycles. The van der Waals surface area contributed by atoms with Gasteiger partial charge in [0.15, 0.2) is 5.58 Å². The first-order valence-corrected chi connectivity index (χ1v) is 5.36. The summed E-state index contributed by atoms with van der Waals surface area (Å²) in [7, 11) is 0. The zero-order chi connectivity index (χ0) is 12.5. The highest BCUT2D eigenvalue weighted by molar-refractivity contribution is 5.76. The zero-order valence-electron chi connectivity index (χ0n) is 9.29. The number of rotatable bonds is 2. The van der Waals surface area contributed by atoms with Crippen LogP contribution in [0.15, 0.2) is 46.9 Å². The first-order chi connectivity index (χ1) is 8.70. The molecule has 5 heteroatoms. The highest BCUT2D eigenvalue weighted by Gasteiger charge is 2.06. The lowest BCUT2D eigenvalue weighted by Gasteiger charge is -2.00. The largest absolute Gasteiger partial charge is 0.508 e. The molecule has 0 bridgehead atoms. The molecule has 0 aliphatic rings. The van der Waals surface area contributed by atoms with E-state index in [1.54, 1.807) is 30.3 Å². The van der Waals surface area contributed by atoms with E-state index in [0.717, 1.165) is 0 Å². The number of phenolic OH excluding ortho intramolecular Hbond substituents is 2. The standard InChI is InChI=1S/C13H10N2O3/c16-9-3-1-2-8(6-9)14-13-15-11-7-10(17)4-5-12(11)18-13/h1-7,16-17H,(H,14,15). The second kappa shape index (κ2) is 3.96. The molecule has 0 saturated carbocycles. The molecule has 0 spiro atoms. The van der Waals surface area contributed by atoms with Gasteiger partial charge in [0.2, 0.25) is 0 Å². The number of hydrogen-bond donors (Lipinski definition) is 3. The van der Waals surface area contributed by atoms with Crippen molar-refractivity contribution in [2.75, 3.05) is 5.32 Å². The molecule has 90 valence electrons. The Labute approximate surface area is 102 Å². The molecule has 0 amide bonds. The Morgan fingerprint density at radius 3 is 2.67 bits per heavy atom. The average Bonchev–Trinajstić information content (AvgIpc) is 2.70. The molecule has 2 aromatic carbocycles. The van der Waals surface area contributed by atoms with E-state index in [-0.39, 0.29) is 11.5 Å². The van der Waals surface area contributed by atoms with E-state index >= 15 is 0 Å². The average molecular weight is 242 g/mol. The maximum Gasteiger partial charge on any atom is 0.300 e. The van der Waals surface area contributed by atoms with E-state index in [2.05, 4.69) is 10.3 Å². The molecule has 0 atom stereocenters. The lowest BCUT2D eigenvalue weighted by Crippen LogP contribution is -1.89. The molecule has 0 radical (unpaired) electrons. The summed E-state index contributed by atoms with van der Waals surface area (Å²) in [5, 5.41) is 21.6. The number of aromatic nitrogens is 1. The fourth-order valence-electron chi connectivity index (χ4n) is 1.68. The van der Waals surface area contributed by atoms with E-state index in [4.69, 9.17) is 4.42 Å². The van der Waals surface area contributed by atoms with Crippen molar-refractivity contribution >= 4 is 22.8 Å². The molecule has 3 rings (SSSR count). The van der Waals surface area contributed by atoms with Crippen LogP contribution in [0.4, 0.5) is 11.7 Å². The van der Waals surface area contributed by atoms with Crippen molar-refractivity contribution in [1.82, 2.24) is 4.98 Å². The van der Waals surface area contributed by atoms with Gasteiger partial charge >= 0.3 is 0 Å². The van der Waals surface area contributed by atoms with Crippen molar-refractivity contribution in [3.8, 4) is 11.5 Å². The summed E-state index contributed by atoms with van der Waals surface area (Å²) in [5.74, 6) is 0.300. The van der Waals surface area contributed by atoms with Crippen molar-refractivity contribution in [3.05, 3.63) is 42.5 Å². The van der Waals surface area contributed by atoms with Crippen LogP contribution in [-0.2, 0) is 0 Å². The molecule has 0 aliphatic heterocycles. The van der Waals surface area contributed by atoms with Crippen molar-refractivity contribution < 1.29 is 14.6 Å². The van der Waals surface area contributed by atoms with Crippen LogP contribution < -0.4 is 5.32 Å². The Morgan fingerprint density at radius 1 is 1.00 bits per heavy atom. The van der Waals surface area contributed by atoms with Crippen LogP contribution in [0, 0.1) is 0 Å². The minimum Gasteiger partial charge on any atom is -0.508 e. The van der Waals surface area contributed by atoms with E-state index in [0.29, 0.717) is 22.8 Å². The summed E-state index contributed by atoms with van der Waals surface area (Å²) >= 11 is 0. The summed E-state index contributed by atoms with van der Waals surface area (Å²) in [4.78, 5) is 4.18. The summed E-state index contributed by atoms with van der Waals surface area (Å²) in [6.45, 7) is 0. The van der Waals surface area contributed by atoms with Crippen LogP contribution in [0.5, 0.6) is 11.5 Å². The van der Waals surface area contributed by atoms with E-state index in [1.165, 1.54) is 12.1 Å². The molecule has 0 unspecified atom stereocenters. The van der Waals surface area contributed by atoms with Gasteiger partial charge in [0.05, 0.1) is 0 Å². The fourth-order valence-corrected chi connectivity index (χ4v) is 1.68. The quantitative estimate of drug-likeness (QED) is 0.643. The van der Waals surface area contributed by atoms with E-state index in [1.807, 2.05) is 0 Å². The molecule has 0 fully saturated rings. The third kappa shape index (κ3) is 1.93. The van der Waals surface area contributed by atoms with Crippen molar-refractivity contribution in [2.45, 2.75) is 0 Å². The van der Waals surface area contributed by atoms with Crippen LogP contribution in [-0.4, -0.2) is 15.2 Å². The predicted molar refractivity (Wildman–Crippen MR) is 67.1 cm³/mol. The summed E-state index contributed by atoms with van der Waals surface area (Å²) in [5.41, 5.74) is 1.82. The van der Waals surface area contributed by atoms with Crippen LogP contribution in [0.3, 0.4) is 0 Å². The van der Waals surface area contributed by atoms with Gasteiger partial charge in [0.1, 0.15) is 17.0 Å². The topological polar surface area (TPSA) is 78.5 Å². The third-order valence-electron chi connectivity index (χ3n) is 2.47. The molecule has 3 N–H and O–H groups in total. The number of hydrogen-bond acceptors (Lipinski definition) is 5. The van der Waals surface area contributed by atoms with Gasteiger partial charge in [-0.05, 0) is 24.3 Å². The van der Waals surface area contributed by atoms with Crippen LogP contribution in [0.1, 0.15) is 0 Å². The highest BCUT2D eigenvalue weighted by Crippen LogP contribution is 2.25. The monoisotopic (exact) mass is 242 g/mol. The number of aromatic hydroxyl groups is 2. The Balaban J connectivity index is 1.95. The second-order valence-electron chi connectivity index (χ2n) is 3.85. The number of phenols is 2. The molecule has 3 aromatic rings. The summed E-state index contributed by atoms with van der Waals surface area (Å²) in [6, 6.07) is 11.6. The molecule has 0 aliphatic carbocycles. The van der Waals surface area contributed by atoms with Gasteiger partial charge in [-0.25, -0.2) is 0 Å². The van der Waals surface area contributed by atoms with Gasteiger partial charge in [0, 0.05) is 17.8 Å². The minimum absolute atomic E-state index is 0.139. The smallest absolute Gasteiger partial charge is 0.300 e. The fraction of sp³-hybridized carbons (Fsp3) is 0.